The van der Waals surface area contributed by atoms with E-state index in [9.17, 15) is 0 Å². The molecule has 1 atom stereocenters. The number of hydrogen-bond donors (Lipinski definition) is 0. The van der Waals surface area contributed by atoms with E-state index < -0.39 is 0 Å². The number of benzene rings is 2. The van der Waals surface area contributed by atoms with Gasteiger partial charge in [0.05, 0.1) is 0 Å². The summed E-state index contributed by atoms with van der Waals surface area (Å²) in [6.45, 7) is 4.75. The first-order chi connectivity index (χ1) is 12.7. The molecule has 3 aromatic rings. The smallest absolute Gasteiger partial charge is 0.222 e. The van der Waals surface area contributed by atoms with Gasteiger partial charge >= 0.3 is 0 Å². The third-order valence-corrected chi connectivity index (χ3v) is 5.45. The van der Waals surface area contributed by atoms with E-state index in [0.717, 1.165) is 11.1 Å². The molecule has 2 heterocycles. The predicted octanol–water partition coefficient (Wildman–Crippen LogP) is 5.62. The number of hydrogen-bond acceptors (Lipinski definition) is 3. The Morgan fingerprint density at radius 1 is 0.769 bits per heavy atom. The Labute approximate surface area is 159 Å². The Balaban J connectivity index is 1.51. The van der Waals surface area contributed by atoms with Gasteiger partial charge in [-0.25, -0.2) is 9.97 Å². The van der Waals surface area contributed by atoms with E-state index in [1.54, 1.807) is 12.4 Å². The molecule has 0 bridgehead atoms. The highest BCUT2D eigenvalue weighted by molar-refractivity contribution is 6.28. The van der Waals surface area contributed by atoms with E-state index in [1.165, 1.54) is 42.6 Å². The minimum Gasteiger partial charge on any atom is -0.297 e. The summed E-state index contributed by atoms with van der Waals surface area (Å²) in [4.78, 5) is 10.7. The van der Waals surface area contributed by atoms with Gasteiger partial charge in [0, 0.05) is 24.0 Å². The molecule has 0 saturated carbocycles. The standard InChI is InChI=1S/C22H22ClN3/c1-16(26-12-2-3-13-26)17-4-6-18(7-5-17)19-8-10-20(11-9-19)21-14-24-22(23)25-15-21/h4-11,14-16H,2-3,12-13H2,1H3. The fourth-order valence-electron chi connectivity index (χ4n) is 3.61. The highest BCUT2D eigenvalue weighted by Gasteiger charge is 2.19. The summed E-state index contributed by atoms with van der Waals surface area (Å²) >= 11 is 5.76. The minimum absolute atomic E-state index is 0.272. The van der Waals surface area contributed by atoms with Crippen LogP contribution in [0.3, 0.4) is 0 Å². The van der Waals surface area contributed by atoms with Gasteiger partial charge in [-0.1, -0.05) is 48.5 Å². The van der Waals surface area contributed by atoms with Gasteiger partial charge in [-0.2, -0.15) is 0 Å². The molecule has 1 aromatic heterocycles. The molecule has 0 radical (unpaired) electrons. The van der Waals surface area contributed by atoms with Gasteiger partial charge in [0.2, 0.25) is 5.28 Å². The zero-order valence-electron chi connectivity index (χ0n) is 14.9. The molecule has 1 fully saturated rings. The number of nitrogens with zero attached hydrogens (tertiary/aromatic N) is 3. The Hall–Kier alpha value is -2.23. The van der Waals surface area contributed by atoms with Gasteiger partial charge in [-0.05, 0) is 66.7 Å². The van der Waals surface area contributed by atoms with E-state index in [4.69, 9.17) is 11.6 Å². The van der Waals surface area contributed by atoms with Crippen LogP contribution < -0.4 is 0 Å². The molecule has 4 rings (SSSR count). The van der Waals surface area contributed by atoms with Crippen LogP contribution in [0.1, 0.15) is 31.4 Å². The maximum Gasteiger partial charge on any atom is 0.222 e. The Morgan fingerprint density at radius 3 is 1.77 bits per heavy atom. The lowest BCUT2D eigenvalue weighted by Gasteiger charge is -2.24. The Morgan fingerprint density at radius 2 is 1.23 bits per heavy atom. The monoisotopic (exact) mass is 363 g/mol. The highest BCUT2D eigenvalue weighted by Crippen LogP contribution is 2.28. The average Bonchev–Trinajstić information content (AvgIpc) is 3.23. The molecule has 26 heavy (non-hydrogen) atoms. The second-order valence-electron chi connectivity index (χ2n) is 6.86. The first kappa shape index (κ1) is 17.2. The summed E-state index contributed by atoms with van der Waals surface area (Å²) in [5.41, 5.74) is 5.90. The van der Waals surface area contributed by atoms with Crippen molar-refractivity contribution >= 4 is 11.6 Å². The lowest BCUT2D eigenvalue weighted by Crippen LogP contribution is -2.23. The van der Waals surface area contributed by atoms with E-state index in [-0.39, 0.29) is 5.28 Å². The summed E-state index contributed by atoms with van der Waals surface area (Å²) in [6, 6.07) is 18.0. The molecular weight excluding hydrogens is 342 g/mol. The summed E-state index contributed by atoms with van der Waals surface area (Å²) in [5.74, 6) is 0. The van der Waals surface area contributed by atoms with Crippen LogP contribution in [0.15, 0.2) is 60.9 Å². The largest absolute Gasteiger partial charge is 0.297 e. The van der Waals surface area contributed by atoms with Crippen molar-refractivity contribution in [2.45, 2.75) is 25.8 Å². The summed E-state index contributed by atoms with van der Waals surface area (Å²) in [7, 11) is 0. The lowest BCUT2D eigenvalue weighted by atomic mass is 9.99. The predicted molar refractivity (Wildman–Crippen MR) is 107 cm³/mol. The van der Waals surface area contributed by atoms with Crippen LogP contribution in [0, 0.1) is 0 Å². The Bertz CT molecular complexity index is 851. The van der Waals surface area contributed by atoms with E-state index in [2.05, 4.69) is 70.3 Å². The molecular formula is C22H22ClN3. The van der Waals surface area contributed by atoms with Crippen LogP contribution in [-0.4, -0.2) is 28.0 Å². The van der Waals surface area contributed by atoms with Crippen LogP contribution >= 0.6 is 11.6 Å². The van der Waals surface area contributed by atoms with Crippen LogP contribution in [-0.2, 0) is 0 Å². The zero-order valence-corrected chi connectivity index (χ0v) is 15.7. The SMILES string of the molecule is CC(c1ccc(-c2ccc(-c3cnc(Cl)nc3)cc2)cc1)N1CCCC1. The molecule has 1 unspecified atom stereocenters. The summed E-state index contributed by atoms with van der Waals surface area (Å²) in [6.07, 6.45) is 6.15. The maximum atomic E-state index is 5.76. The number of likely N-dealkylation sites (tertiary alicyclic amines) is 1. The second-order valence-corrected chi connectivity index (χ2v) is 7.20. The van der Waals surface area contributed by atoms with Gasteiger partial charge in [0.25, 0.3) is 0 Å². The highest BCUT2D eigenvalue weighted by atomic mass is 35.5. The fraction of sp³-hybridized carbons (Fsp3) is 0.273. The van der Waals surface area contributed by atoms with Crippen molar-refractivity contribution in [2.75, 3.05) is 13.1 Å². The molecule has 0 N–H and O–H groups in total. The van der Waals surface area contributed by atoms with Crippen molar-refractivity contribution in [3.8, 4) is 22.3 Å². The second kappa shape index (κ2) is 7.56. The van der Waals surface area contributed by atoms with Crippen LogP contribution in [0.25, 0.3) is 22.3 Å². The van der Waals surface area contributed by atoms with Gasteiger partial charge in [0.1, 0.15) is 0 Å². The third-order valence-electron chi connectivity index (χ3n) is 5.25. The molecule has 4 heteroatoms. The normalized spacial score (nSPS) is 15.9. The quantitative estimate of drug-likeness (QED) is 0.563. The molecule has 1 saturated heterocycles. The van der Waals surface area contributed by atoms with Crippen LogP contribution in [0.4, 0.5) is 0 Å². The first-order valence-corrected chi connectivity index (χ1v) is 9.51. The minimum atomic E-state index is 0.272. The first-order valence-electron chi connectivity index (χ1n) is 9.13. The van der Waals surface area contributed by atoms with Gasteiger partial charge in [-0.15, -0.1) is 0 Å². The fourth-order valence-corrected chi connectivity index (χ4v) is 3.71. The summed E-state index contributed by atoms with van der Waals surface area (Å²) < 4.78 is 0. The topological polar surface area (TPSA) is 29.0 Å². The number of halogens is 1. The van der Waals surface area contributed by atoms with Crippen molar-refractivity contribution in [1.82, 2.24) is 14.9 Å². The molecule has 0 aliphatic carbocycles. The van der Waals surface area contributed by atoms with Crippen molar-refractivity contribution in [3.05, 3.63) is 71.8 Å². The van der Waals surface area contributed by atoms with Gasteiger partial charge < -0.3 is 0 Å². The van der Waals surface area contributed by atoms with Crippen LogP contribution in [0.2, 0.25) is 5.28 Å². The molecule has 1 aliphatic heterocycles. The number of rotatable bonds is 4. The average molecular weight is 364 g/mol. The lowest BCUT2D eigenvalue weighted by molar-refractivity contribution is 0.263. The molecule has 0 amide bonds. The maximum absolute atomic E-state index is 5.76. The Kier molecular flexibility index (Phi) is 5.00. The van der Waals surface area contributed by atoms with Crippen molar-refractivity contribution in [2.24, 2.45) is 0 Å². The molecule has 2 aromatic carbocycles. The van der Waals surface area contributed by atoms with Crippen molar-refractivity contribution in [1.29, 1.82) is 0 Å². The third kappa shape index (κ3) is 3.64. The summed E-state index contributed by atoms with van der Waals surface area (Å²) in [5, 5.41) is 0.272. The molecule has 132 valence electrons. The van der Waals surface area contributed by atoms with E-state index in [0.29, 0.717) is 6.04 Å². The van der Waals surface area contributed by atoms with Gasteiger partial charge in [-0.3, -0.25) is 4.90 Å². The molecule has 3 nitrogen and oxygen atoms in total. The number of aromatic nitrogens is 2. The molecule has 0 spiro atoms. The van der Waals surface area contributed by atoms with Crippen molar-refractivity contribution in [3.63, 3.8) is 0 Å². The van der Waals surface area contributed by atoms with Gasteiger partial charge in [0.15, 0.2) is 0 Å². The van der Waals surface area contributed by atoms with Crippen molar-refractivity contribution < 1.29 is 0 Å². The van der Waals surface area contributed by atoms with E-state index >= 15 is 0 Å². The molecule has 1 aliphatic rings. The zero-order chi connectivity index (χ0) is 17.9. The van der Waals surface area contributed by atoms with E-state index in [1.807, 2.05) is 0 Å². The van der Waals surface area contributed by atoms with Crippen LogP contribution in [0.5, 0.6) is 0 Å².